The van der Waals surface area contributed by atoms with Crippen LogP contribution in [0.1, 0.15) is 46.0 Å². The number of ketones is 1. The molecule has 0 fully saturated rings. The molecule has 84 valence electrons. The highest BCUT2D eigenvalue weighted by Gasteiger charge is 2.22. The Morgan fingerprint density at radius 3 is 2.21 bits per heavy atom. The van der Waals surface area contributed by atoms with Crippen molar-refractivity contribution in [2.75, 3.05) is 6.26 Å². The minimum Gasteiger partial charge on any atom is -0.298 e. The van der Waals surface area contributed by atoms with E-state index in [1.807, 2.05) is 0 Å². The van der Waals surface area contributed by atoms with Crippen LogP contribution < -0.4 is 0 Å². The third-order valence-electron chi connectivity index (χ3n) is 2.37. The van der Waals surface area contributed by atoms with Crippen LogP contribution in [0, 0.1) is 0 Å². The van der Waals surface area contributed by atoms with Crippen LogP contribution in [0.15, 0.2) is 0 Å². The standard InChI is InChI=1S/C10H20O3S/c1-4-5-6-7-8-10(11)9(2)14(3,12)13/h9H,4-8H2,1-3H3. The molecule has 0 amide bonds. The van der Waals surface area contributed by atoms with E-state index in [-0.39, 0.29) is 5.78 Å². The maximum Gasteiger partial charge on any atom is 0.157 e. The number of sulfone groups is 1. The largest absolute Gasteiger partial charge is 0.298 e. The van der Waals surface area contributed by atoms with Crippen LogP contribution >= 0.6 is 0 Å². The van der Waals surface area contributed by atoms with Gasteiger partial charge in [-0.15, -0.1) is 0 Å². The van der Waals surface area contributed by atoms with Gasteiger partial charge < -0.3 is 0 Å². The van der Waals surface area contributed by atoms with E-state index in [9.17, 15) is 13.2 Å². The Kier molecular flexibility index (Phi) is 6.00. The molecule has 14 heavy (non-hydrogen) atoms. The molecule has 0 N–H and O–H groups in total. The van der Waals surface area contributed by atoms with Crippen molar-refractivity contribution in [2.45, 2.75) is 51.2 Å². The van der Waals surface area contributed by atoms with E-state index in [0.29, 0.717) is 6.42 Å². The maximum atomic E-state index is 11.4. The number of carbonyl (C=O) groups is 1. The summed E-state index contributed by atoms with van der Waals surface area (Å²) in [5.74, 6) is -0.149. The zero-order chi connectivity index (χ0) is 11.2. The number of unbranched alkanes of at least 4 members (excludes halogenated alkanes) is 3. The van der Waals surface area contributed by atoms with Gasteiger partial charge >= 0.3 is 0 Å². The number of rotatable bonds is 7. The van der Waals surface area contributed by atoms with Gasteiger partial charge in [0.2, 0.25) is 0 Å². The molecule has 0 rings (SSSR count). The molecule has 0 aromatic heterocycles. The second kappa shape index (κ2) is 6.17. The molecule has 0 aromatic rings. The van der Waals surface area contributed by atoms with Crippen molar-refractivity contribution < 1.29 is 13.2 Å². The molecule has 0 aliphatic carbocycles. The molecule has 3 nitrogen and oxygen atoms in total. The van der Waals surface area contributed by atoms with Crippen molar-refractivity contribution in [2.24, 2.45) is 0 Å². The molecule has 0 heterocycles. The number of Topliss-reactive ketones (excluding diaryl/α,β-unsaturated/α-hetero) is 1. The zero-order valence-corrected chi connectivity index (χ0v) is 10.1. The lowest BCUT2D eigenvalue weighted by atomic mass is 10.1. The lowest BCUT2D eigenvalue weighted by Gasteiger charge is -2.07. The average molecular weight is 220 g/mol. The molecule has 0 aliphatic heterocycles. The summed E-state index contributed by atoms with van der Waals surface area (Å²) in [5, 5.41) is -0.830. The van der Waals surface area contributed by atoms with Gasteiger partial charge in [-0.1, -0.05) is 26.2 Å². The first kappa shape index (κ1) is 13.6. The van der Waals surface area contributed by atoms with Gasteiger partial charge in [0.25, 0.3) is 0 Å². The van der Waals surface area contributed by atoms with Crippen molar-refractivity contribution in [3.63, 3.8) is 0 Å². The van der Waals surface area contributed by atoms with E-state index >= 15 is 0 Å². The second-order valence-corrected chi connectivity index (χ2v) is 6.11. The van der Waals surface area contributed by atoms with Crippen LogP contribution in [0.25, 0.3) is 0 Å². The van der Waals surface area contributed by atoms with E-state index in [1.54, 1.807) is 0 Å². The van der Waals surface area contributed by atoms with Crippen molar-refractivity contribution in [1.82, 2.24) is 0 Å². The van der Waals surface area contributed by atoms with E-state index in [4.69, 9.17) is 0 Å². The van der Waals surface area contributed by atoms with Crippen LogP contribution in [0.4, 0.5) is 0 Å². The molecule has 0 saturated carbocycles. The molecule has 0 aliphatic rings. The number of carbonyl (C=O) groups excluding carboxylic acids is 1. The second-order valence-electron chi connectivity index (χ2n) is 3.75. The highest BCUT2D eigenvalue weighted by atomic mass is 32.2. The summed E-state index contributed by atoms with van der Waals surface area (Å²) in [6.07, 6.45) is 5.57. The van der Waals surface area contributed by atoms with Gasteiger partial charge in [-0.25, -0.2) is 8.42 Å². The third-order valence-corrected chi connectivity index (χ3v) is 3.92. The summed E-state index contributed by atoms with van der Waals surface area (Å²) in [6, 6.07) is 0. The first-order valence-electron chi connectivity index (χ1n) is 5.11. The Morgan fingerprint density at radius 1 is 1.21 bits per heavy atom. The molecule has 1 unspecified atom stereocenters. The highest BCUT2D eigenvalue weighted by molar-refractivity contribution is 7.92. The summed E-state index contributed by atoms with van der Waals surface area (Å²) < 4.78 is 22.1. The zero-order valence-electron chi connectivity index (χ0n) is 9.25. The molecule has 0 radical (unpaired) electrons. The topological polar surface area (TPSA) is 51.2 Å². The lowest BCUT2D eigenvalue weighted by Crippen LogP contribution is -2.25. The lowest BCUT2D eigenvalue weighted by molar-refractivity contribution is -0.118. The van der Waals surface area contributed by atoms with Crippen molar-refractivity contribution in [1.29, 1.82) is 0 Å². The van der Waals surface area contributed by atoms with Crippen LogP contribution in [0.3, 0.4) is 0 Å². The Morgan fingerprint density at radius 2 is 1.79 bits per heavy atom. The molecule has 0 spiro atoms. The molecule has 1 atom stereocenters. The van der Waals surface area contributed by atoms with Gasteiger partial charge in [0, 0.05) is 12.7 Å². The van der Waals surface area contributed by atoms with Gasteiger partial charge in [-0.05, 0) is 13.3 Å². The molecule has 4 heteroatoms. The molecular weight excluding hydrogens is 200 g/mol. The fraction of sp³-hybridized carbons (Fsp3) is 0.900. The van der Waals surface area contributed by atoms with Gasteiger partial charge in [0.1, 0.15) is 5.25 Å². The van der Waals surface area contributed by atoms with Gasteiger partial charge in [-0.3, -0.25) is 4.79 Å². The minimum atomic E-state index is -3.19. The predicted octanol–water partition coefficient (Wildman–Crippen LogP) is 1.96. The summed E-state index contributed by atoms with van der Waals surface area (Å²) in [4.78, 5) is 11.4. The highest BCUT2D eigenvalue weighted by Crippen LogP contribution is 2.08. The fourth-order valence-electron chi connectivity index (χ4n) is 1.17. The van der Waals surface area contributed by atoms with Crippen LogP contribution in [-0.2, 0) is 14.6 Å². The van der Waals surface area contributed by atoms with Gasteiger partial charge in [0.05, 0.1) is 0 Å². The van der Waals surface area contributed by atoms with Crippen molar-refractivity contribution >= 4 is 15.6 Å². The van der Waals surface area contributed by atoms with Crippen molar-refractivity contribution in [3.8, 4) is 0 Å². The smallest absolute Gasteiger partial charge is 0.157 e. The summed E-state index contributed by atoms with van der Waals surface area (Å²) >= 11 is 0. The minimum absolute atomic E-state index is 0.149. The average Bonchev–Trinajstić information content (AvgIpc) is 2.09. The molecule has 0 aromatic carbocycles. The summed E-state index contributed by atoms with van der Waals surface area (Å²) in [6.45, 7) is 3.57. The van der Waals surface area contributed by atoms with E-state index in [0.717, 1.165) is 31.9 Å². The monoisotopic (exact) mass is 220 g/mol. The van der Waals surface area contributed by atoms with Crippen LogP contribution in [-0.4, -0.2) is 25.7 Å². The normalized spacial score (nSPS) is 13.9. The Labute approximate surface area is 86.8 Å². The van der Waals surface area contributed by atoms with Crippen molar-refractivity contribution in [3.05, 3.63) is 0 Å². The molecule has 0 bridgehead atoms. The van der Waals surface area contributed by atoms with E-state index < -0.39 is 15.1 Å². The van der Waals surface area contributed by atoms with E-state index in [2.05, 4.69) is 6.92 Å². The first-order chi connectivity index (χ1) is 6.39. The third kappa shape index (κ3) is 5.37. The summed E-state index contributed by atoms with van der Waals surface area (Å²) in [7, 11) is -3.19. The van der Waals surface area contributed by atoms with E-state index in [1.165, 1.54) is 6.92 Å². The number of hydrogen-bond donors (Lipinski definition) is 0. The maximum absolute atomic E-state index is 11.4. The Balaban J connectivity index is 3.86. The van der Waals surface area contributed by atoms with Gasteiger partial charge in [-0.2, -0.15) is 0 Å². The Hall–Kier alpha value is -0.380. The van der Waals surface area contributed by atoms with Crippen LogP contribution in [0.2, 0.25) is 0 Å². The predicted molar refractivity (Wildman–Crippen MR) is 58.1 cm³/mol. The quantitative estimate of drug-likeness (QED) is 0.616. The number of hydrogen-bond acceptors (Lipinski definition) is 3. The van der Waals surface area contributed by atoms with Crippen LogP contribution in [0.5, 0.6) is 0 Å². The first-order valence-corrected chi connectivity index (χ1v) is 7.06. The molecule has 0 saturated heterocycles. The SMILES string of the molecule is CCCCCCC(=O)C(C)S(C)(=O)=O. The fourth-order valence-corrected chi connectivity index (χ4v) is 1.76. The Bertz CT molecular complexity index is 267. The summed E-state index contributed by atoms with van der Waals surface area (Å²) in [5.41, 5.74) is 0. The van der Waals surface area contributed by atoms with Gasteiger partial charge in [0.15, 0.2) is 15.6 Å². The molecular formula is C10H20O3S.